The monoisotopic (exact) mass is 470 g/mol. The van der Waals surface area contributed by atoms with E-state index >= 15 is 0 Å². The quantitative estimate of drug-likeness (QED) is 0.565. The molecule has 7 nitrogen and oxygen atoms in total. The van der Waals surface area contributed by atoms with Crippen LogP contribution in [0.4, 0.5) is 4.39 Å². The molecule has 0 spiro atoms. The predicted octanol–water partition coefficient (Wildman–Crippen LogP) is 4.17. The second-order valence-electron chi connectivity index (χ2n) is 8.99. The maximum absolute atomic E-state index is 13.6. The summed E-state index contributed by atoms with van der Waals surface area (Å²) in [6, 6.07) is 8.68. The van der Waals surface area contributed by atoms with E-state index in [2.05, 4.69) is 21.2 Å². The number of carbonyl (C=O) groups is 1. The molecule has 1 aromatic carbocycles. The maximum Gasteiger partial charge on any atom is 0.234 e. The number of nitrogens with zero attached hydrogens (tertiary/aromatic N) is 6. The highest BCUT2D eigenvalue weighted by Gasteiger charge is 2.38. The van der Waals surface area contributed by atoms with Crippen molar-refractivity contribution in [3.63, 3.8) is 0 Å². The van der Waals surface area contributed by atoms with Crippen molar-refractivity contribution >= 4 is 17.7 Å². The van der Waals surface area contributed by atoms with Gasteiger partial charge in [0.15, 0.2) is 11.0 Å². The first-order valence-electron chi connectivity index (χ1n) is 11.8. The molecule has 9 heteroatoms. The van der Waals surface area contributed by atoms with Gasteiger partial charge in [0.05, 0.1) is 18.4 Å². The average molecular weight is 471 g/mol. The first-order chi connectivity index (χ1) is 16.0. The Bertz CT molecular complexity index is 989. The van der Waals surface area contributed by atoms with Crippen LogP contribution < -0.4 is 0 Å². The summed E-state index contributed by atoms with van der Waals surface area (Å²) in [6.07, 6.45) is 8.10. The zero-order valence-corrected chi connectivity index (χ0v) is 20.0. The Morgan fingerprint density at radius 1 is 1.12 bits per heavy atom. The fourth-order valence-corrected chi connectivity index (χ4v) is 5.67. The predicted molar refractivity (Wildman–Crippen MR) is 125 cm³/mol. The lowest BCUT2D eigenvalue weighted by atomic mass is 9.81. The van der Waals surface area contributed by atoms with E-state index in [0.29, 0.717) is 11.7 Å². The van der Waals surface area contributed by atoms with Crippen molar-refractivity contribution in [2.75, 3.05) is 25.9 Å². The Morgan fingerprint density at radius 2 is 1.79 bits per heavy atom. The molecule has 1 aromatic heterocycles. The van der Waals surface area contributed by atoms with Crippen LogP contribution in [0, 0.1) is 17.1 Å². The van der Waals surface area contributed by atoms with Gasteiger partial charge in [-0.15, -0.1) is 10.2 Å². The van der Waals surface area contributed by atoms with Gasteiger partial charge in [-0.2, -0.15) is 5.26 Å². The van der Waals surface area contributed by atoms with Crippen molar-refractivity contribution in [1.29, 1.82) is 5.26 Å². The van der Waals surface area contributed by atoms with Crippen molar-refractivity contribution in [3.8, 4) is 11.8 Å². The first-order valence-corrected chi connectivity index (χ1v) is 12.7. The van der Waals surface area contributed by atoms with E-state index in [0.717, 1.165) is 56.7 Å². The van der Waals surface area contributed by atoms with E-state index in [4.69, 9.17) is 0 Å². The van der Waals surface area contributed by atoms with Gasteiger partial charge in [0.25, 0.3) is 0 Å². The summed E-state index contributed by atoms with van der Waals surface area (Å²) in [7, 11) is 1.74. The van der Waals surface area contributed by atoms with Gasteiger partial charge in [-0.25, -0.2) is 4.39 Å². The molecule has 2 heterocycles. The molecule has 4 rings (SSSR count). The van der Waals surface area contributed by atoms with Crippen LogP contribution in [0.3, 0.4) is 0 Å². The Balaban J connectivity index is 1.52. The molecule has 1 amide bonds. The molecular formula is C24H31FN6OS. The number of rotatable bonds is 7. The highest BCUT2D eigenvalue weighted by Crippen LogP contribution is 2.33. The van der Waals surface area contributed by atoms with Crippen LogP contribution in [0.1, 0.15) is 57.2 Å². The molecule has 1 aliphatic carbocycles. The smallest absolute Gasteiger partial charge is 0.234 e. The van der Waals surface area contributed by atoms with Gasteiger partial charge < -0.3 is 4.90 Å². The molecule has 0 bridgehead atoms. The number of aromatic nitrogens is 3. The van der Waals surface area contributed by atoms with E-state index in [-0.39, 0.29) is 17.5 Å². The topological polar surface area (TPSA) is 78.1 Å². The van der Waals surface area contributed by atoms with Crippen LogP contribution in [0.2, 0.25) is 0 Å². The standard InChI is InChI=1S/C24H31FN6OS/c1-29(24(18-26)12-4-2-5-13-24)22(32)17-33-23-28-27-21(16-30-14-6-3-7-15-30)31(23)20-10-8-19(25)9-11-20/h8-11H,2-7,12-17H2,1H3. The van der Waals surface area contributed by atoms with Crippen molar-refractivity contribution < 1.29 is 9.18 Å². The zero-order chi connectivity index (χ0) is 23.3. The summed E-state index contributed by atoms with van der Waals surface area (Å²) >= 11 is 1.32. The van der Waals surface area contributed by atoms with Crippen molar-refractivity contribution in [1.82, 2.24) is 24.6 Å². The lowest BCUT2D eigenvalue weighted by molar-refractivity contribution is -0.131. The summed E-state index contributed by atoms with van der Waals surface area (Å²) < 4.78 is 15.5. The number of benzene rings is 1. The summed E-state index contributed by atoms with van der Waals surface area (Å²) in [5, 5.41) is 19.2. The Labute approximate surface area is 199 Å². The lowest BCUT2D eigenvalue weighted by Gasteiger charge is -2.39. The highest BCUT2D eigenvalue weighted by molar-refractivity contribution is 7.99. The Kier molecular flexibility index (Phi) is 7.66. The van der Waals surface area contributed by atoms with Gasteiger partial charge in [0.1, 0.15) is 11.4 Å². The van der Waals surface area contributed by atoms with Crippen molar-refractivity contribution in [3.05, 3.63) is 35.9 Å². The largest absolute Gasteiger partial charge is 0.326 e. The summed E-state index contributed by atoms with van der Waals surface area (Å²) in [6.45, 7) is 2.72. The maximum atomic E-state index is 13.6. The SMILES string of the molecule is CN(C(=O)CSc1nnc(CN2CCCCC2)n1-c1ccc(F)cc1)C1(C#N)CCCCC1. The number of piperidine rings is 1. The number of hydrogen-bond donors (Lipinski definition) is 0. The van der Waals surface area contributed by atoms with Crippen LogP contribution in [-0.4, -0.2) is 61.9 Å². The average Bonchev–Trinajstić information content (AvgIpc) is 3.25. The minimum Gasteiger partial charge on any atom is -0.326 e. The van der Waals surface area contributed by atoms with Gasteiger partial charge in [-0.05, 0) is 63.0 Å². The number of halogens is 1. The van der Waals surface area contributed by atoms with E-state index < -0.39 is 5.54 Å². The molecule has 176 valence electrons. The molecule has 0 unspecified atom stereocenters. The number of nitriles is 1. The van der Waals surface area contributed by atoms with Crippen LogP contribution in [0.25, 0.3) is 5.69 Å². The van der Waals surface area contributed by atoms with Gasteiger partial charge in [-0.3, -0.25) is 14.3 Å². The molecule has 1 saturated carbocycles. The number of thioether (sulfide) groups is 1. The van der Waals surface area contributed by atoms with Crippen LogP contribution >= 0.6 is 11.8 Å². The fourth-order valence-electron chi connectivity index (χ4n) is 4.78. The van der Waals surface area contributed by atoms with Crippen LogP contribution in [-0.2, 0) is 11.3 Å². The lowest BCUT2D eigenvalue weighted by Crippen LogP contribution is -2.50. The van der Waals surface area contributed by atoms with E-state index in [1.54, 1.807) is 24.1 Å². The minimum absolute atomic E-state index is 0.0883. The van der Waals surface area contributed by atoms with Crippen LogP contribution in [0.15, 0.2) is 29.4 Å². The van der Waals surface area contributed by atoms with Crippen LogP contribution in [0.5, 0.6) is 0 Å². The summed E-state index contributed by atoms with van der Waals surface area (Å²) in [5.41, 5.74) is 0.0671. The number of carbonyl (C=O) groups excluding carboxylic acids is 1. The van der Waals surface area contributed by atoms with Gasteiger partial charge in [0.2, 0.25) is 5.91 Å². The first kappa shape index (κ1) is 23.7. The van der Waals surface area contributed by atoms with E-state index in [9.17, 15) is 14.4 Å². The van der Waals surface area contributed by atoms with E-state index in [1.165, 1.54) is 43.2 Å². The molecule has 0 N–H and O–H groups in total. The normalized spacial score (nSPS) is 18.6. The molecule has 33 heavy (non-hydrogen) atoms. The zero-order valence-electron chi connectivity index (χ0n) is 19.2. The van der Waals surface area contributed by atoms with Crippen molar-refractivity contribution in [2.45, 2.75) is 68.6 Å². The molecular weight excluding hydrogens is 439 g/mol. The molecule has 1 saturated heterocycles. The number of hydrogen-bond acceptors (Lipinski definition) is 6. The Morgan fingerprint density at radius 3 is 2.45 bits per heavy atom. The third-order valence-electron chi connectivity index (χ3n) is 6.83. The summed E-state index contributed by atoms with van der Waals surface area (Å²) in [4.78, 5) is 17.0. The second kappa shape index (κ2) is 10.7. The fraction of sp³-hybridized carbons (Fsp3) is 0.583. The number of likely N-dealkylation sites (tertiary alicyclic amines) is 1. The molecule has 2 aromatic rings. The van der Waals surface area contributed by atoms with Gasteiger partial charge in [0, 0.05) is 12.7 Å². The third-order valence-corrected chi connectivity index (χ3v) is 7.74. The molecule has 2 fully saturated rings. The molecule has 0 radical (unpaired) electrons. The molecule has 1 aliphatic heterocycles. The minimum atomic E-state index is -0.708. The van der Waals surface area contributed by atoms with Crippen molar-refractivity contribution in [2.24, 2.45) is 0 Å². The Hall–Kier alpha value is -2.44. The molecule has 0 atom stereocenters. The van der Waals surface area contributed by atoms with Gasteiger partial charge in [-0.1, -0.05) is 37.4 Å². The summed E-state index contributed by atoms with van der Waals surface area (Å²) in [5.74, 6) is 0.565. The highest BCUT2D eigenvalue weighted by atomic mass is 32.2. The van der Waals surface area contributed by atoms with E-state index in [1.807, 2.05) is 4.57 Å². The number of amides is 1. The van der Waals surface area contributed by atoms with Gasteiger partial charge >= 0.3 is 0 Å². The second-order valence-corrected chi connectivity index (χ2v) is 9.94. The molecule has 2 aliphatic rings. The third kappa shape index (κ3) is 5.39.